The van der Waals surface area contributed by atoms with Gasteiger partial charge in [0.05, 0.1) is 13.7 Å². The van der Waals surface area contributed by atoms with Gasteiger partial charge in [-0.2, -0.15) is 0 Å². The molecule has 1 aromatic rings. The number of hydrogen-bond donors (Lipinski definition) is 1. The van der Waals surface area contributed by atoms with Crippen LogP contribution in [0, 0.1) is 5.92 Å². The standard InChI is InChI=1S/C17H29NO3/c1-13(2)7-8-20-9-10-21-17-12-16(19-4)6-5-15(17)11-14(3)18/h5-6,12-14H,7-11,18H2,1-4H3. The number of nitrogens with two attached hydrogens (primary N) is 1. The molecule has 4 nitrogen and oxygen atoms in total. The molecule has 120 valence electrons. The van der Waals surface area contributed by atoms with Crippen LogP contribution in [0.15, 0.2) is 18.2 Å². The van der Waals surface area contributed by atoms with E-state index in [9.17, 15) is 0 Å². The van der Waals surface area contributed by atoms with Gasteiger partial charge in [0, 0.05) is 18.7 Å². The van der Waals surface area contributed by atoms with Crippen molar-refractivity contribution < 1.29 is 14.2 Å². The zero-order chi connectivity index (χ0) is 15.7. The van der Waals surface area contributed by atoms with Crippen LogP contribution in [-0.4, -0.2) is 33.0 Å². The fourth-order valence-electron chi connectivity index (χ4n) is 1.94. The Morgan fingerprint density at radius 1 is 1.10 bits per heavy atom. The number of hydrogen-bond acceptors (Lipinski definition) is 4. The predicted molar refractivity (Wildman–Crippen MR) is 86.1 cm³/mol. The third kappa shape index (κ3) is 7.34. The van der Waals surface area contributed by atoms with Crippen LogP contribution in [0.3, 0.4) is 0 Å². The number of methoxy groups -OCH3 is 1. The summed E-state index contributed by atoms with van der Waals surface area (Å²) in [5.41, 5.74) is 6.98. The van der Waals surface area contributed by atoms with Crippen molar-refractivity contribution in [1.29, 1.82) is 0 Å². The highest BCUT2D eigenvalue weighted by atomic mass is 16.5. The van der Waals surface area contributed by atoms with E-state index in [1.165, 1.54) is 0 Å². The summed E-state index contributed by atoms with van der Waals surface area (Å²) in [6.45, 7) is 8.29. The Balaban J connectivity index is 2.47. The summed E-state index contributed by atoms with van der Waals surface area (Å²) in [6, 6.07) is 5.95. The van der Waals surface area contributed by atoms with Gasteiger partial charge in [-0.1, -0.05) is 19.9 Å². The molecule has 0 aliphatic rings. The maximum Gasteiger partial charge on any atom is 0.126 e. The number of ether oxygens (including phenoxy) is 3. The number of rotatable bonds is 10. The van der Waals surface area contributed by atoms with Crippen molar-refractivity contribution >= 4 is 0 Å². The molecule has 0 radical (unpaired) electrons. The van der Waals surface area contributed by atoms with E-state index in [0.29, 0.717) is 19.1 Å². The predicted octanol–water partition coefficient (Wildman–Crippen LogP) is 3.03. The van der Waals surface area contributed by atoms with Crippen molar-refractivity contribution in [2.45, 2.75) is 39.7 Å². The summed E-state index contributed by atoms with van der Waals surface area (Å²) in [5, 5.41) is 0. The molecule has 0 saturated carbocycles. The van der Waals surface area contributed by atoms with Crippen LogP contribution in [0.1, 0.15) is 32.8 Å². The maximum absolute atomic E-state index is 5.88. The second-order valence-electron chi connectivity index (χ2n) is 5.80. The first-order valence-electron chi connectivity index (χ1n) is 7.66. The monoisotopic (exact) mass is 295 g/mol. The minimum Gasteiger partial charge on any atom is -0.497 e. The van der Waals surface area contributed by atoms with Crippen molar-refractivity contribution in [3.8, 4) is 11.5 Å². The van der Waals surface area contributed by atoms with Crippen molar-refractivity contribution in [1.82, 2.24) is 0 Å². The van der Waals surface area contributed by atoms with E-state index in [-0.39, 0.29) is 6.04 Å². The van der Waals surface area contributed by atoms with E-state index in [2.05, 4.69) is 13.8 Å². The summed E-state index contributed by atoms with van der Waals surface area (Å²) in [6.07, 6.45) is 1.86. The lowest BCUT2D eigenvalue weighted by Gasteiger charge is -2.14. The largest absolute Gasteiger partial charge is 0.497 e. The minimum absolute atomic E-state index is 0.100. The van der Waals surface area contributed by atoms with Crippen LogP contribution in [0.25, 0.3) is 0 Å². The molecule has 0 aliphatic heterocycles. The summed E-state index contributed by atoms with van der Waals surface area (Å²) < 4.78 is 16.6. The average Bonchev–Trinajstić information content (AvgIpc) is 2.43. The van der Waals surface area contributed by atoms with Gasteiger partial charge in [0.15, 0.2) is 0 Å². The molecule has 0 aromatic heterocycles. The Bertz CT molecular complexity index is 405. The van der Waals surface area contributed by atoms with Gasteiger partial charge in [-0.05, 0) is 37.3 Å². The normalized spacial score (nSPS) is 12.5. The fraction of sp³-hybridized carbons (Fsp3) is 0.647. The maximum atomic E-state index is 5.88. The molecule has 0 spiro atoms. The van der Waals surface area contributed by atoms with Gasteiger partial charge in [-0.15, -0.1) is 0 Å². The van der Waals surface area contributed by atoms with Crippen molar-refractivity contribution in [3.63, 3.8) is 0 Å². The zero-order valence-electron chi connectivity index (χ0n) is 13.7. The summed E-state index contributed by atoms with van der Waals surface area (Å²) in [7, 11) is 1.65. The minimum atomic E-state index is 0.100. The van der Waals surface area contributed by atoms with Gasteiger partial charge in [0.1, 0.15) is 18.1 Å². The van der Waals surface area contributed by atoms with Crippen LogP contribution < -0.4 is 15.2 Å². The molecule has 0 amide bonds. The summed E-state index contributed by atoms with van der Waals surface area (Å²) >= 11 is 0. The van der Waals surface area contributed by atoms with Crippen LogP contribution in [0.5, 0.6) is 11.5 Å². The SMILES string of the molecule is COc1ccc(CC(C)N)c(OCCOCCC(C)C)c1. The van der Waals surface area contributed by atoms with Crippen molar-refractivity contribution in [2.24, 2.45) is 11.7 Å². The smallest absolute Gasteiger partial charge is 0.126 e. The average molecular weight is 295 g/mol. The molecule has 1 unspecified atom stereocenters. The lowest BCUT2D eigenvalue weighted by atomic mass is 10.1. The zero-order valence-corrected chi connectivity index (χ0v) is 13.7. The van der Waals surface area contributed by atoms with Gasteiger partial charge < -0.3 is 19.9 Å². The van der Waals surface area contributed by atoms with Crippen LogP contribution in [-0.2, 0) is 11.2 Å². The van der Waals surface area contributed by atoms with Gasteiger partial charge >= 0.3 is 0 Å². The van der Waals surface area contributed by atoms with E-state index >= 15 is 0 Å². The highest BCUT2D eigenvalue weighted by molar-refractivity contribution is 5.41. The molecule has 0 aliphatic carbocycles. The highest BCUT2D eigenvalue weighted by Gasteiger charge is 2.08. The van der Waals surface area contributed by atoms with Crippen LogP contribution in [0.2, 0.25) is 0 Å². The Morgan fingerprint density at radius 2 is 1.86 bits per heavy atom. The molecular weight excluding hydrogens is 266 g/mol. The van der Waals surface area contributed by atoms with E-state index in [1.807, 2.05) is 25.1 Å². The Labute approximate surface area is 128 Å². The molecule has 1 aromatic carbocycles. The first-order chi connectivity index (χ1) is 10.0. The van der Waals surface area contributed by atoms with E-state index < -0.39 is 0 Å². The Kier molecular flexibility index (Phi) is 8.16. The second-order valence-corrected chi connectivity index (χ2v) is 5.80. The summed E-state index contributed by atoms with van der Waals surface area (Å²) in [4.78, 5) is 0. The van der Waals surface area contributed by atoms with Gasteiger partial charge in [-0.25, -0.2) is 0 Å². The van der Waals surface area contributed by atoms with Crippen molar-refractivity contribution in [2.75, 3.05) is 26.9 Å². The first kappa shape index (κ1) is 17.8. The lowest BCUT2D eigenvalue weighted by molar-refractivity contribution is 0.0922. The topological polar surface area (TPSA) is 53.7 Å². The molecule has 1 rings (SSSR count). The van der Waals surface area contributed by atoms with Crippen molar-refractivity contribution in [3.05, 3.63) is 23.8 Å². The molecule has 1 atom stereocenters. The second kappa shape index (κ2) is 9.64. The molecule has 0 fully saturated rings. The van der Waals surface area contributed by atoms with Crippen LogP contribution in [0.4, 0.5) is 0 Å². The molecule has 4 heteroatoms. The first-order valence-corrected chi connectivity index (χ1v) is 7.66. The molecular formula is C17H29NO3. The van der Waals surface area contributed by atoms with E-state index in [4.69, 9.17) is 19.9 Å². The molecule has 0 heterocycles. The number of benzene rings is 1. The lowest BCUT2D eigenvalue weighted by Crippen LogP contribution is -2.18. The quantitative estimate of drug-likeness (QED) is 0.674. The third-order valence-corrected chi connectivity index (χ3v) is 3.14. The fourth-order valence-corrected chi connectivity index (χ4v) is 1.94. The molecule has 0 bridgehead atoms. The Hall–Kier alpha value is -1.26. The molecule has 2 N–H and O–H groups in total. The third-order valence-electron chi connectivity index (χ3n) is 3.14. The van der Waals surface area contributed by atoms with Gasteiger partial charge in [-0.3, -0.25) is 0 Å². The molecule has 21 heavy (non-hydrogen) atoms. The highest BCUT2D eigenvalue weighted by Crippen LogP contribution is 2.25. The van der Waals surface area contributed by atoms with Gasteiger partial charge in [0.2, 0.25) is 0 Å². The van der Waals surface area contributed by atoms with E-state index in [1.54, 1.807) is 7.11 Å². The van der Waals surface area contributed by atoms with Gasteiger partial charge in [0.25, 0.3) is 0 Å². The summed E-state index contributed by atoms with van der Waals surface area (Å²) in [5.74, 6) is 2.29. The van der Waals surface area contributed by atoms with E-state index in [0.717, 1.165) is 36.5 Å². The van der Waals surface area contributed by atoms with Crippen LogP contribution >= 0.6 is 0 Å². The Morgan fingerprint density at radius 3 is 2.48 bits per heavy atom. The molecule has 0 saturated heterocycles.